The first-order chi connectivity index (χ1) is 5.52. The van der Waals surface area contributed by atoms with Crippen LogP contribution in [0.3, 0.4) is 0 Å². The minimum atomic E-state index is 0.251. The summed E-state index contributed by atoms with van der Waals surface area (Å²) in [6, 6.07) is 0. The van der Waals surface area contributed by atoms with Gasteiger partial charge in [0, 0.05) is 6.20 Å². The monoisotopic (exact) mass is 166 g/mol. The van der Waals surface area contributed by atoms with Crippen LogP contribution in [0, 0.1) is 5.92 Å². The highest BCUT2D eigenvalue weighted by molar-refractivity contribution is 5.15. The standard InChI is InChI=1S/C10H18N2/c1-8(2)5-10(3,4)9-6-11-12-7-9/h6-8H,5H2,1-4H3,(H,11,12). The van der Waals surface area contributed by atoms with Gasteiger partial charge in [0.15, 0.2) is 0 Å². The van der Waals surface area contributed by atoms with Gasteiger partial charge in [0.25, 0.3) is 0 Å². The summed E-state index contributed by atoms with van der Waals surface area (Å²) >= 11 is 0. The van der Waals surface area contributed by atoms with Crippen molar-refractivity contribution in [1.29, 1.82) is 0 Å². The van der Waals surface area contributed by atoms with Gasteiger partial charge in [-0.1, -0.05) is 27.7 Å². The van der Waals surface area contributed by atoms with E-state index in [2.05, 4.69) is 37.9 Å². The third kappa shape index (κ3) is 2.10. The Labute approximate surface area is 74.4 Å². The minimum absolute atomic E-state index is 0.251. The van der Waals surface area contributed by atoms with Gasteiger partial charge in [-0.2, -0.15) is 5.10 Å². The van der Waals surface area contributed by atoms with Crippen molar-refractivity contribution < 1.29 is 0 Å². The van der Waals surface area contributed by atoms with Gasteiger partial charge in [0.2, 0.25) is 0 Å². The number of nitrogens with zero attached hydrogens (tertiary/aromatic N) is 1. The lowest BCUT2D eigenvalue weighted by molar-refractivity contribution is 0.400. The highest BCUT2D eigenvalue weighted by Gasteiger charge is 2.22. The molecule has 2 nitrogen and oxygen atoms in total. The predicted molar refractivity (Wildman–Crippen MR) is 51.1 cm³/mol. The van der Waals surface area contributed by atoms with E-state index < -0.39 is 0 Å². The highest BCUT2D eigenvalue weighted by Crippen LogP contribution is 2.29. The molecular formula is C10H18N2. The van der Waals surface area contributed by atoms with Crippen LogP contribution < -0.4 is 0 Å². The van der Waals surface area contributed by atoms with Crippen LogP contribution in [0.4, 0.5) is 0 Å². The summed E-state index contributed by atoms with van der Waals surface area (Å²) in [5, 5.41) is 6.83. The van der Waals surface area contributed by atoms with Crippen molar-refractivity contribution in [2.75, 3.05) is 0 Å². The van der Waals surface area contributed by atoms with Gasteiger partial charge in [-0.15, -0.1) is 0 Å². The van der Waals surface area contributed by atoms with Crippen molar-refractivity contribution >= 4 is 0 Å². The van der Waals surface area contributed by atoms with E-state index in [0.717, 1.165) is 5.92 Å². The quantitative estimate of drug-likeness (QED) is 0.734. The average Bonchev–Trinajstić information content (AvgIpc) is 2.32. The molecule has 0 fully saturated rings. The van der Waals surface area contributed by atoms with Crippen molar-refractivity contribution in [2.24, 2.45) is 5.92 Å². The third-order valence-electron chi connectivity index (χ3n) is 2.20. The summed E-state index contributed by atoms with van der Waals surface area (Å²) < 4.78 is 0. The van der Waals surface area contributed by atoms with Gasteiger partial charge in [-0.3, -0.25) is 5.10 Å². The lowest BCUT2D eigenvalue weighted by Crippen LogP contribution is -2.18. The maximum Gasteiger partial charge on any atom is 0.0524 e. The van der Waals surface area contributed by atoms with Crippen LogP contribution >= 0.6 is 0 Å². The summed E-state index contributed by atoms with van der Waals surface area (Å²) in [7, 11) is 0. The minimum Gasteiger partial charge on any atom is -0.285 e. The number of hydrogen-bond donors (Lipinski definition) is 1. The Kier molecular flexibility index (Phi) is 2.55. The van der Waals surface area contributed by atoms with Crippen molar-refractivity contribution in [3.8, 4) is 0 Å². The molecule has 12 heavy (non-hydrogen) atoms. The van der Waals surface area contributed by atoms with E-state index >= 15 is 0 Å². The number of rotatable bonds is 3. The largest absolute Gasteiger partial charge is 0.285 e. The van der Waals surface area contributed by atoms with E-state index in [1.54, 1.807) is 0 Å². The Hall–Kier alpha value is -0.790. The second kappa shape index (κ2) is 3.30. The molecule has 0 saturated heterocycles. The van der Waals surface area contributed by atoms with Gasteiger partial charge in [0.1, 0.15) is 0 Å². The molecule has 0 bridgehead atoms. The predicted octanol–water partition coefficient (Wildman–Crippen LogP) is 2.73. The van der Waals surface area contributed by atoms with Gasteiger partial charge in [-0.05, 0) is 23.3 Å². The molecule has 68 valence electrons. The molecule has 1 aromatic rings. The fraction of sp³-hybridized carbons (Fsp3) is 0.700. The molecule has 0 aliphatic heterocycles. The van der Waals surface area contributed by atoms with E-state index in [-0.39, 0.29) is 5.41 Å². The van der Waals surface area contributed by atoms with Crippen molar-refractivity contribution in [3.05, 3.63) is 18.0 Å². The Morgan fingerprint density at radius 3 is 2.58 bits per heavy atom. The second-order valence-electron chi connectivity index (χ2n) is 4.47. The van der Waals surface area contributed by atoms with Crippen molar-refractivity contribution in [1.82, 2.24) is 10.2 Å². The van der Waals surface area contributed by atoms with E-state index in [1.807, 2.05) is 12.4 Å². The van der Waals surface area contributed by atoms with Crippen LogP contribution in [-0.4, -0.2) is 10.2 Å². The molecule has 1 rings (SSSR count). The number of aromatic amines is 1. The molecular weight excluding hydrogens is 148 g/mol. The zero-order valence-corrected chi connectivity index (χ0v) is 8.39. The molecule has 0 atom stereocenters. The molecule has 0 saturated carbocycles. The number of hydrogen-bond acceptors (Lipinski definition) is 1. The van der Waals surface area contributed by atoms with Crippen LogP contribution in [0.1, 0.15) is 39.7 Å². The molecule has 1 aromatic heterocycles. The molecule has 0 amide bonds. The highest BCUT2D eigenvalue weighted by atomic mass is 15.1. The summed E-state index contributed by atoms with van der Waals surface area (Å²) in [6.07, 6.45) is 5.11. The zero-order chi connectivity index (χ0) is 9.19. The Balaban J connectivity index is 2.72. The molecule has 0 aliphatic carbocycles. The van der Waals surface area contributed by atoms with Crippen molar-refractivity contribution in [2.45, 2.75) is 39.5 Å². The summed E-state index contributed by atoms with van der Waals surface area (Å²) in [5.41, 5.74) is 1.55. The van der Waals surface area contributed by atoms with Crippen molar-refractivity contribution in [3.63, 3.8) is 0 Å². The first-order valence-electron chi connectivity index (χ1n) is 4.51. The number of nitrogens with one attached hydrogen (secondary N) is 1. The maximum atomic E-state index is 3.97. The van der Waals surface area contributed by atoms with E-state index in [0.29, 0.717) is 0 Å². The van der Waals surface area contributed by atoms with E-state index in [4.69, 9.17) is 0 Å². The topological polar surface area (TPSA) is 28.7 Å². The molecule has 0 aromatic carbocycles. The fourth-order valence-corrected chi connectivity index (χ4v) is 1.76. The number of aromatic nitrogens is 2. The van der Waals surface area contributed by atoms with E-state index in [1.165, 1.54) is 12.0 Å². The van der Waals surface area contributed by atoms with Crippen LogP contribution in [0.25, 0.3) is 0 Å². The second-order valence-corrected chi connectivity index (χ2v) is 4.47. The van der Waals surface area contributed by atoms with Gasteiger partial charge < -0.3 is 0 Å². The maximum absolute atomic E-state index is 3.97. The molecule has 2 heteroatoms. The first kappa shape index (κ1) is 9.30. The summed E-state index contributed by atoms with van der Waals surface area (Å²) in [5.74, 6) is 0.731. The Morgan fingerprint density at radius 2 is 2.17 bits per heavy atom. The van der Waals surface area contributed by atoms with Gasteiger partial charge in [0.05, 0.1) is 6.20 Å². The summed E-state index contributed by atoms with van der Waals surface area (Å²) in [6.45, 7) is 9.03. The summed E-state index contributed by atoms with van der Waals surface area (Å²) in [4.78, 5) is 0. The Morgan fingerprint density at radius 1 is 1.50 bits per heavy atom. The molecule has 0 radical (unpaired) electrons. The lowest BCUT2D eigenvalue weighted by Gasteiger charge is -2.25. The normalized spacial score (nSPS) is 12.4. The molecule has 1 heterocycles. The first-order valence-corrected chi connectivity index (χ1v) is 4.51. The Bertz CT molecular complexity index is 222. The molecule has 0 aliphatic rings. The lowest BCUT2D eigenvalue weighted by atomic mass is 9.79. The zero-order valence-electron chi connectivity index (χ0n) is 8.39. The fourth-order valence-electron chi connectivity index (χ4n) is 1.76. The molecule has 1 N–H and O–H groups in total. The third-order valence-corrected chi connectivity index (χ3v) is 2.20. The molecule has 0 unspecified atom stereocenters. The van der Waals surface area contributed by atoms with Gasteiger partial charge >= 0.3 is 0 Å². The van der Waals surface area contributed by atoms with Crippen LogP contribution in [-0.2, 0) is 5.41 Å². The average molecular weight is 166 g/mol. The van der Waals surface area contributed by atoms with Crippen LogP contribution in [0.15, 0.2) is 12.4 Å². The SMILES string of the molecule is CC(C)CC(C)(C)c1cn[nH]c1. The van der Waals surface area contributed by atoms with E-state index in [9.17, 15) is 0 Å². The van der Waals surface area contributed by atoms with Crippen LogP contribution in [0.2, 0.25) is 0 Å². The molecule has 0 spiro atoms. The number of H-pyrrole nitrogens is 1. The smallest absolute Gasteiger partial charge is 0.0524 e. The van der Waals surface area contributed by atoms with Crippen LogP contribution in [0.5, 0.6) is 0 Å². The van der Waals surface area contributed by atoms with Gasteiger partial charge in [-0.25, -0.2) is 0 Å².